The lowest BCUT2D eigenvalue weighted by Crippen LogP contribution is -2.26. The zero-order valence-corrected chi connectivity index (χ0v) is 14.6. The Morgan fingerprint density at radius 1 is 1.19 bits per heavy atom. The van der Waals surface area contributed by atoms with Crippen LogP contribution < -0.4 is 20.8 Å². The molecular weight excluding hydrogens is 344 g/mol. The van der Waals surface area contributed by atoms with Crippen LogP contribution in [0.4, 0.5) is 0 Å². The fraction of sp³-hybridized carbons (Fsp3) is 0.143. The predicted molar refractivity (Wildman–Crippen MR) is 99.4 cm³/mol. The molecule has 3 aromatic rings. The molecule has 134 valence electrons. The van der Waals surface area contributed by atoms with Gasteiger partial charge in [0, 0.05) is 5.56 Å². The van der Waals surface area contributed by atoms with Gasteiger partial charge >= 0.3 is 5.63 Å². The molecule has 0 radical (unpaired) electrons. The SMILES string of the molecule is CCOc1ccccc1[C@@H]1C(C#N)=C(N)Oc2c1c(=O)oc1ccccc21. The highest BCUT2D eigenvalue weighted by Crippen LogP contribution is 2.45. The highest BCUT2D eigenvalue weighted by molar-refractivity contribution is 5.86. The Bertz CT molecular complexity index is 1170. The molecule has 0 saturated carbocycles. The summed E-state index contributed by atoms with van der Waals surface area (Å²) >= 11 is 0. The van der Waals surface area contributed by atoms with E-state index in [1.165, 1.54) is 0 Å². The smallest absolute Gasteiger partial charge is 0.344 e. The van der Waals surface area contributed by atoms with Gasteiger partial charge in [0.05, 0.1) is 23.5 Å². The number of allylic oxidation sites excluding steroid dienone is 1. The third kappa shape index (κ3) is 2.61. The lowest BCUT2D eigenvalue weighted by molar-refractivity contribution is 0.334. The molecule has 1 aromatic heterocycles. The lowest BCUT2D eigenvalue weighted by Gasteiger charge is -2.27. The number of nitrogens with zero attached hydrogens (tertiary/aromatic N) is 1. The fourth-order valence-electron chi connectivity index (χ4n) is 3.38. The molecule has 6 nitrogen and oxygen atoms in total. The van der Waals surface area contributed by atoms with Crippen molar-refractivity contribution in [1.29, 1.82) is 5.26 Å². The van der Waals surface area contributed by atoms with E-state index in [1.807, 2.05) is 31.2 Å². The van der Waals surface area contributed by atoms with Crippen molar-refractivity contribution in [2.45, 2.75) is 12.8 Å². The second-order valence-corrected chi connectivity index (χ2v) is 6.02. The normalized spacial score (nSPS) is 15.8. The first-order valence-corrected chi connectivity index (χ1v) is 8.50. The van der Waals surface area contributed by atoms with Crippen LogP contribution >= 0.6 is 0 Å². The minimum Gasteiger partial charge on any atom is -0.494 e. The van der Waals surface area contributed by atoms with Crippen LogP contribution in [0.5, 0.6) is 11.5 Å². The molecule has 1 aliphatic rings. The largest absolute Gasteiger partial charge is 0.494 e. The van der Waals surface area contributed by atoms with Gasteiger partial charge in [-0.15, -0.1) is 0 Å². The number of ether oxygens (including phenoxy) is 2. The van der Waals surface area contributed by atoms with E-state index in [0.29, 0.717) is 34.6 Å². The summed E-state index contributed by atoms with van der Waals surface area (Å²) in [6.07, 6.45) is 0. The third-order valence-corrected chi connectivity index (χ3v) is 4.50. The zero-order chi connectivity index (χ0) is 19.0. The molecule has 0 bridgehead atoms. The van der Waals surface area contributed by atoms with Crippen LogP contribution in [-0.2, 0) is 0 Å². The van der Waals surface area contributed by atoms with Crippen LogP contribution in [0, 0.1) is 11.3 Å². The quantitative estimate of drug-likeness (QED) is 0.719. The Morgan fingerprint density at radius 3 is 2.70 bits per heavy atom. The zero-order valence-electron chi connectivity index (χ0n) is 14.6. The van der Waals surface area contributed by atoms with Crippen LogP contribution in [0.15, 0.2) is 69.2 Å². The van der Waals surface area contributed by atoms with E-state index >= 15 is 0 Å². The molecule has 2 heterocycles. The van der Waals surface area contributed by atoms with Crippen molar-refractivity contribution in [3.63, 3.8) is 0 Å². The number of nitrogens with two attached hydrogens (primary N) is 1. The van der Waals surface area contributed by atoms with E-state index in [4.69, 9.17) is 19.6 Å². The summed E-state index contributed by atoms with van der Waals surface area (Å²) in [5, 5.41) is 10.3. The van der Waals surface area contributed by atoms with Gasteiger partial charge < -0.3 is 19.6 Å². The van der Waals surface area contributed by atoms with Crippen LogP contribution in [0.2, 0.25) is 0 Å². The molecule has 0 fully saturated rings. The first-order valence-electron chi connectivity index (χ1n) is 8.50. The Hall–Kier alpha value is -3.72. The maximum absolute atomic E-state index is 12.8. The monoisotopic (exact) mass is 360 g/mol. The number of hydrogen-bond donors (Lipinski definition) is 1. The van der Waals surface area contributed by atoms with Crippen molar-refractivity contribution in [1.82, 2.24) is 0 Å². The predicted octanol–water partition coefficient (Wildman–Crippen LogP) is 3.41. The number of hydrogen-bond acceptors (Lipinski definition) is 6. The van der Waals surface area contributed by atoms with E-state index < -0.39 is 11.5 Å². The molecule has 0 saturated heterocycles. The first kappa shape index (κ1) is 16.7. The highest BCUT2D eigenvalue weighted by atomic mass is 16.5. The lowest BCUT2D eigenvalue weighted by atomic mass is 9.83. The summed E-state index contributed by atoms with van der Waals surface area (Å²) < 4.78 is 16.9. The molecule has 1 atom stereocenters. The maximum Gasteiger partial charge on any atom is 0.344 e. The van der Waals surface area contributed by atoms with Crippen LogP contribution in [0.25, 0.3) is 11.0 Å². The second kappa shape index (κ2) is 6.54. The molecule has 0 spiro atoms. The van der Waals surface area contributed by atoms with E-state index in [2.05, 4.69) is 6.07 Å². The second-order valence-electron chi connectivity index (χ2n) is 6.02. The maximum atomic E-state index is 12.8. The van der Waals surface area contributed by atoms with Gasteiger partial charge in [-0.25, -0.2) is 4.79 Å². The van der Waals surface area contributed by atoms with Crippen LogP contribution in [-0.4, -0.2) is 6.61 Å². The summed E-state index contributed by atoms with van der Waals surface area (Å²) in [5.41, 5.74) is 6.93. The Labute approximate surface area is 155 Å². The van der Waals surface area contributed by atoms with Gasteiger partial charge in [-0.2, -0.15) is 5.26 Å². The molecule has 2 N–H and O–H groups in total. The molecule has 27 heavy (non-hydrogen) atoms. The van der Waals surface area contributed by atoms with Crippen molar-refractivity contribution >= 4 is 11.0 Å². The molecule has 2 aromatic carbocycles. The average molecular weight is 360 g/mol. The molecule has 0 amide bonds. The summed E-state index contributed by atoms with van der Waals surface area (Å²) in [6.45, 7) is 2.31. The highest BCUT2D eigenvalue weighted by Gasteiger charge is 2.36. The number of rotatable bonds is 3. The number of fused-ring (bicyclic) bond motifs is 3. The summed E-state index contributed by atoms with van der Waals surface area (Å²) in [5.74, 6) is 0.125. The van der Waals surface area contributed by atoms with E-state index in [1.54, 1.807) is 24.3 Å². The Balaban J connectivity index is 2.07. The number of benzene rings is 2. The molecular formula is C21H16N2O4. The summed E-state index contributed by atoms with van der Waals surface area (Å²) in [4.78, 5) is 12.8. The van der Waals surface area contributed by atoms with Gasteiger partial charge in [-0.05, 0) is 25.1 Å². The fourth-order valence-corrected chi connectivity index (χ4v) is 3.38. The van der Waals surface area contributed by atoms with Gasteiger partial charge in [-0.3, -0.25) is 0 Å². The van der Waals surface area contributed by atoms with Gasteiger partial charge in [0.2, 0.25) is 5.88 Å². The minimum absolute atomic E-state index is 0.0305. The van der Waals surface area contributed by atoms with E-state index in [-0.39, 0.29) is 17.0 Å². The molecule has 6 heteroatoms. The van der Waals surface area contributed by atoms with Crippen LogP contribution in [0.3, 0.4) is 0 Å². The van der Waals surface area contributed by atoms with E-state index in [0.717, 1.165) is 0 Å². The van der Waals surface area contributed by atoms with Crippen molar-refractivity contribution in [2.24, 2.45) is 5.73 Å². The van der Waals surface area contributed by atoms with Gasteiger partial charge in [0.1, 0.15) is 23.0 Å². The van der Waals surface area contributed by atoms with Gasteiger partial charge in [0.25, 0.3) is 0 Å². The third-order valence-electron chi connectivity index (χ3n) is 4.50. The summed E-state index contributed by atoms with van der Waals surface area (Å²) in [6, 6.07) is 16.4. The molecule has 0 aliphatic carbocycles. The van der Waals surface area contributed by atoms with Gasteiger partial charge in [0.15, 0.2) is 5.75 Å². The molecule has 4 rings (SSSR count). The van der Waals surface area contributed by atoms with Crippen LogP contribution in [0.1, 0.15) is 24.0 Å². The molecule has 1 aliphatic heterocycles. The number of para-hydroxylation sites is 2. The van der Waals surface area contributed by atoms with Crippen molar-refractivity contribution < 1.29 is 13.9 Å². The number of nitriles is 1. The Kier molecular flexibility index (Phi) is 4.05. The average Bonchev–Trinajstić information content (AvgIpc) is 2.68. The van der Waals surface area contributed by atoms with Crippen molar-refractivity contribution in [3.05, 3.63) is 81.5 Å². The van der Waals surface area contributed by atoms with Crippen molar-refractivity contribution in [3.8, 4) is 17.6 Å². The topological polar surface area (TPSA) is 98.5 Å². The van der Waals surface area contributed by atoms with Gasteiger partial charge in [-0.1, -0.05) is 30.3 Å². The molecule has 0 unspecified atom stereocenters. The van der Waals surface area contributed by atoms with Crippen molar-refractivity contribution in [2.75, 3.05) is 6.61 Å². The standard InChI is InChI=1S/C21H16N2O4/c1-2-25-15-9-5-3-7-12(15)17-14(11-22)20(23)27-19-13-8-4-6-10-16(13)26-21(24)18(17)19/h3-10,17H,2,23H2,1H3/t17-/m1/s1. The first-order chi connectivity index (χ1) is 13.2. The van der Waals surface area contributed by atoms with E-state index in [9.17, 15) is 10.1 Å². The minimum atomic E-state index is -0.734. The Morgan fingerprint density at radius 2 is 1.93 bits per heavy atom. The summed E-state index contributed by atoms with van der Waals surface area (Å²) in [7, 11) is 0.